The summed E-state index contributed by atoms with van der Waals surface area (Å²) < 4.78 is 6.94. The van der Waals surface area contributed by atoms with Crippen LogP contribution < -0.4 is 10.5 Å². The quantitative estimate of drug-likeness (QED) is 0.297. The normalized spacial score (nSPS) is 11.7. The first-order valence-electron chi connectivity index (χ1n) is 5.68. The van der Waals surface area contributed by atoms with Crippen LogP contribution in [0.5, 0.6) is 0 Å². The molecule has 104 valence electrons. The molecule has 0 unspecified atom stereocenters. The van der Waals surface area contributed by atoms with E-state index in [2.05, 4.69) is 36.8 Å². The molecule has 2 aromatic rings. The Balaban J connectivity index is 2.41. The number of aromatic nitrogens is 1. The van der Waals surface area contributed by atoms with Gasteiger partial charge in [0.05, 0.1) is 14.7 Å². The van der Waals surface area contributed by atoms with Crippen molar-refractivity contribution < 1.29 is 4.42 Å². The highest BCUT2D eigenvalue weighted by molar-refractivity contribution is 9.11. The smallest absolute Gasteiger partial charge is 0.345 e. The Labute approximate surface area is 141 Å². The topological polar surface area (TPSA) is 60.2 Å². The molecule has 0 spiro atoms. The summed E-state index contributed by atoms with van der Waals surface area (Å²) in [4.78, 5) is 28.2. The first-order valence-corrected chi connectivity index (χ1v) is 8.97. The summed E-state index contributed by atoms with van der Waals surface area (Å²) in [5, 5.41) is 4.29. The van der Waals surface area contributed by atoms with Gasteiger partial charge in [-0.15, -0.1) is 11.3 Å². The van der Waals surface area contributed by atoms with Crippen molar-refractivity contribution in [1.82, 2.24) is 4.98 Å². The van der Waals surface area contributed by atoms with Gasteiger partial charge in [-0.2, -0.15) is 4.98 Å². The second-order valence-electron chi connectivity index (χ2n) is 4.29. The Morgan fingerprint density at radius 2 is 1.95 bits per heavy atom. The van der Waals surface area contributed by atoms with Crippen molar-refractivity contribution in [2.24, 2.45) is 0 Å². The van der Waals surface area contributed by atoms with E-state index in [1.54, 1.807) is 5.38 Å². The zero-order chi connectivity index (χ0) is 14.7. The third-order valence-electron chi connectivity index (χ3n) is 3.05. The van der Waals surface area contributed by atoms with Gasteiger partial charge < -0.3 is 4.42 Å². The predicted octanol–water partition coefficient (Wildman–Crippen LogP) is 4.45. The molecule has 2 aliphatic heterocycles. The van der Waals surface area contributed by atoms with Gasteiger partial charge in [-0.25, -0.2) is 4.79 Å². The summed E-state index contributed by atoms with van der Waals surface area (Å²) in [5.41, 5.74) is 0.0496. The van der Waals surface area contributed by atoms with Crippen molar-refractivity contribution in [2.75, 3.05) is 0 Å². The van der Waals surface area contributed by atoms with Gasteiger partial charge in [0.15, 0.2) is 5.58 Å². The minimum atomic E-state index is -0.417. The molecule has 0 bridgehead atoms. The van der Waals surface area contributed by atoms with Gasteiger partial charge in [0.25, 0.3) is 0 Å². The molecule has 0 N–H and O–H groups in total. The number of thiazole rings is 1. The van der Waals surface area contributed by atoms with Gasteiger partial charge in [-0.1, -0.05) is 27.3 Å². The minimum Gasteiger partial charge on any atom is -0.421 e. The summed E-state index contributed by atoms with van der Waals surface area (Å²) >= 11 is 9.16. The third kappa shape index (κ3) is 2.01. The highest BCUT2D eigenvalue weighted by Gasteiger charge is 2.19. The lowest BCUT2D eigenvalue weighted by Crippen LogP contribution is -2.00. The maximum absolute atomic E-state index is 12.2. The summed E-state index contributed by atoms with van der Waals surface area (Å²) in [6.07, 6.45) is 0. The number of hydrogen-bond donors (Lipinski definition) is 0. The molecular weight excluding hydrogens is 442 g/mol. The van der Waals surface area contributed by atoms with E-state index in [0.717, 1.165) is 31.5 Å². The molecule has 4 nitrogen and oxygen atoms in total. The van der Waals surface area contributed by atoms with E-state index in [1.165, 1.54) is 11.3 Å². The molecule has 4 rings (SSSR count). The van der Waals surface area contributed by atoms with Gasteiger partial charge in [-0.05, 0) is 28.1 Å². The summed E-state index contributed by atoms with van der Waals surface area (Å²) in [6.45, 7) is 0. The van der Waals surface area contributed by atoms with Crippen molar-refractivity contribution in [3.8, 4) is 9.88 Å². The van der Waals surface area contributed by atoms with Crippen LogP contribution in [-0.2, 0) is 0 Å². The molecule has 0 aliphatic carbocycles. The molecular formula is C13H3Br2NO3S2. The molecule has 8 heteroatoms. The zero-order valence-electron chi connectivity index (χ0n) is 9.98. The van der Waals surface area contributed by atoms with E-state index in [9.17, 15) is 9.59 Å². The Kier molecular flexibility index (Phi) is 3.04. The Morgan fingerprint density at radius 1 is 1.14 bits per heavy atom. The Bertz CT molecular complexity index is 1110. The second kappa shape index (κ2) is 4.70. The lowest BCUT2D eigenvalue weighted by molar-refractivity contribution is 0.568. The maximum Gasteiger partial charge on any atom is 0.345 e. The van der Waals surface area contributed by atoms with E-state index >= 15 is 0 Å². The number of benzene rings is 1. The Morgan fingerprint density at radius 3 is 2.76 bits per heavy atom. The standard InChI is InChI=1S/C13H3Br2NO3S2/c14-4-1-5-8-6(12(17)19-9(5)7(15)2-4)3-20-11-10(8)21-13(18)16-11/h1-3H. The predicted molar refractivity (Wildman–Crippen MR) is 91.8 cm³/mol. The largest absolute Gasteiger partial charge is 0.421 e. The molecule has 0 radical (unpaired) electrons. The molecule has 0 saturated carbocycles. The number of hydrogen-bond acceptors (Lipinski definition) is 6. The van der Waals surface area contributed by atoms with Crippen LogP contribution in [0.3, 0.4) is 0 Å². The van der Waals surface area contributed by atoms with Crippen LogP contribution in [0.4, 0.5) is 0 Å². The molecule has 2 aliphatic rings. The first kappa shape index (κ1) is 13.6. The molecule has 21 heavy (non-hydrogen) atoms. The van der Waals surface area contributed by atoms with E-state index in [4.69, 9.17) is 4.42 Å². The van der Waals surface area contributed by atoms with Crippen LogP contribution in [-0.4, -0.2) is 4.98 Å². The maximum atomic E-state index is 12.2. The Hall–Kier alpha value is -1.09. The van der Waals surface area contributed by atoms with E-state index in [-0.39, 0.29) is 4.87 Å². The fraction of sp³-hybridized carbons (Fsp3) is 0. The molecule has 0 atom stereocenters. The van der Waals surface area contributed by atoms with Crippen molar-refractivity contribution in [2.45, 2.75) is 0 Å². The summed E-state index contributed by atoms with van der Waals surface area (Å²) in [6, 6.07) is 3.69. The molecule has 3 heterocycles. The lowest BCUT2D eigenvalue weighted by Gasteiger charge is -2.07. The van der Waals surface area contributed by atoms with Crippen LogP contribution in [0.1, 0.15) is 0 Å². The van der Waals surface area contributed by atoms with E-state index in [0.29, 0.717) is 20.4 Å². The van der Waals surface area contributed by atoms with Gasteiger partial charge in [0.1, 0.15) is 5.01 Å². The average molecular weight is 445 g/mol. The van der Waals surface area contributed by atoms with Gasteiger partial charge in [-0.3, -0.25) is 4.79 Å². The summed E-state index contributed by atoms with van der Waals surface area (Å²) in [7, 11) is 0. The fourth-order valence-corrected chi connectivity index (χ4v) is 5.42. The van der Waals surface area contributed by atoms with Crippen LogP contribution in [0.2, 0.25) is 0 Å². The highest BCUT2D eigenvalue weighted by Crippen LogP contribution is 2.40. The van der Waals surface area contributed by atoms with Crippen LogP contribution >= 0.6 is 54.5 Å². The van der Waals surface area contributed by atoms with Crippen LogP contribution in [0, 0.1) is 0 Å². The van der Waals surface area contributed by atoms with Crippen molar-refractivity contribution >= 4 is 76.3 Å². The summed E-state index contributed by atoms with van der Waals surface area (Å²) in [5.74, 6) is 0. The first-order chi connectivity index (χ1) is 10.0. The minimum absolute atomic E-state index is 0.260. The number of nitrogens with zero attached hydrogens (tertiary/aromatic N) is 1. The van der Waals surface area contributed by atoms with Crippen LogP contribution in [0.15, 0.2) is 40.5 Å². The van der Waals surface area contributed by atoms with E-state index < -0.39 is 5.63 Å². The molecule has 0 saturated heterocycles. The number of rotatable bonds is 0. The second-order valence-corrected chi connectivity index (χ2v) is 7.88. The number of halogens is 2. The lowest BCUT2D eigenvalue weighted by atomic mass is 10.1. The fourth-order valence-electron chi connectivity index (χ4n) is 2.24. The van der Waals surface area contributed by atoms with E-state index in [1.807, 2.05) is 12.1 Å². The third-order valence-corrected chi connectivity index (χ3v) is 5.97. The zero-order valence-corrected chi connectivity index (χ0v) is 14.8. The average Bonchev–Trinajstić information content (AvgIpc) is 2.80. The SMILES string of the molecule is O=c1nc2scc3c(=O)oc4c(Br)cc(Br)cc4c3c-2s1. The van der Waals surface area contributed by atoms with Crippen molar-refractivity contribution in [3.05, 3.63) is 46.5 Å². The molecule has 0 fully saturated rings. The highest BCUT2D eigenvalue weighted by atomic mass is 79.9. The van der Waals surface area contributed by atoms with Crippen LogP contribution in [0.25, 0.3) is 31.6 Å². The molecule has 1 aromatic carbocycles. The monoisotopic (exact) mass is 443 g/mol. The molecule has 0 amide bonds. The van der Waals surface area contributed by atoms with Gasteiger partial charge >= 0.3 is 10.5 Å². The molecule has 1 aromatic heterocycles. The van der Waals surface area contributed by atoms with Crippen molar-refractivity contribution in [3.63, 3.8) is 0 Å². The van der Waals surface area contributed by atoms with Crippen molar-refractivity contribution in [1.29, 1.82) is 0 Å². The number of fused-ring (bicyclic) bond motifs is 5. The van der Waals surface area contributed by atoms with Gasteiger partial charge in [0, 0.05) is 20.6 Å². The van der Waals surface area contributed by atoms with Gasteiger partial charge in [0.2, 0.25) is 0 Å².